The molecule has 28 heavy (non-hydrogen) atoms. The van der Waals surface area contributed by atoms with E-state index in [1.165, 1.54) is 11.3 Å². The van der Waals surface area contributed by atoms with E-state index in [9.17, 15) is 9.59 Å². The fourth-order valence-electron chi connectivity index (χ4n) is 3.27. The molecule has 2 aromatic heterocycles. The van der Waals surface area contributed by atoms with Crippen LogP contribution in [0, 0.1) is 0 Å². The lowest BCUT2D eigenvalue weighted by Crippen LogP contribution is -2.35. The number of amides is 2. The molecular weight excluding hydrogens is 372 g/mol. The Kier molecular flexibility index (Phi) is 5.30. The largest absolute Gasteiger partial charge is 0.467 e. The summed E-state index contributed by atoms with van der Waals surface area (Å²) in [4.78, 5) is 27.8. The molecule has 0 radical (unpaired) electrons. The summed E-state index contributed by atoms with van der Waals surface area (Å²) in [5.74, 6) is 0.732. The molecule has 1 aromatic carbocycles. The van der Waals surface area contributed by atoms with E-state index < -0.39 is 0 Å². The van der Waals surface area contributed by atoms with E-state index in [4.69, 9.17) is 4.42 Å². The van der Waals surface area contributed by atoms with Gasteiger partial charge in [-0.05, 0) is 61.0 Å². The quantitative estimate of drug-likeness (QED) is 0.635. The summed E-state index contributed by atoms with van der Waals surface area (Å²) in [6.07, 6.45) is 3.70. The second-order valence-corrected chi connectivity index (χ2v) is 7.94. The highest BCUT2D eigenvalue weighted by molar-refractivity contribution is 7.12. The number of carbonyl (C=O) groups excluding carboxylic acids is 2. The summed E-state index contributed by atoms with van der Waals surface area (Å²) in [6, 6.07) is 15.0. The maximum atomic E-state index is 13.1. The molecule has 4 rings (SSSR count). The number of nitrogens with zero attached hydrogens (tertiary/aromatic N) is 1. The van der Waals surface area contributed by atoms with Crippen molar-refractivity contribution < 1.29 is 14.0 Å². The van der Waals surface area contributed by atoms with Crippen molar-refractivity contribution in [1.29, 1.82) is 0 Å². The van der Waals surface area contributed by atoms with Crippen molar-refractivity contribution >= 4 is 23.2 Å². The molecule has 1 atom stereocenters. The minimum atomic E-state index is -0.0974. The van der Waals surface area contributed by atoms with Crippen LogP contribution in [-0.4, -0.2) is 22.8 Å². The van der Waals surface area contributed by atoms with Crippen molar-refractivity contribution in [2.75, 3.05) is 0 Å². The zero-order valence-corrected chi connectivity index (χ0v) is 16.4. The SMILES string of the molecule is CC(c1ccco1)N(C(=O)c1ccc(CNC(=O)c2cccs2)cc1)C1CC1. The number of benzene rings is 1. The Morgan fingerprint density at radius 2 is 1.96 bits per heavy atom. The summed E-state index contributed by atoms with van der Waals surface area (Å²) < 4.78 is 5.51. The second-order valence-electron chi connectivity index (χ2n) is 6.99. The molecule has 2 heterocycles. The smallest absolute Gasteiger partial charge is 0.261 e. The Morgan fingerprint density at radius 1 is 1.18 bits per heavy atom. The van der Waals surface area contributed by atoms with Crippen LogP contribution < -0.4 is 5.32 Å². The molecule has 1 unspecified atom stereocenters. The average molecular weight is 394 g/mol. The first-order valence-electron chi connectivity index (χ1n) is 9.40. The Labute approximate surface area is 168 Å². The maximum Gasteiger partial charge on any atom is 0.261 e. The normalized spacial score (nSPS) is 14.5. The summed E-state index contributed by atoms with van der Waals surface area (Å²) in [7, 11) is 0. The lowest BCUT2D eigenvalue weighted by atomic mass is 10.1. The predicted molar refractivity (Wildman–Crippen MR) is 108 cm³/mol. The van der Waals surface area contributed by atoms with Crippen molar-refractivity contribution in [2.45, 2.75) is 38.4 Å². The molecule has 0 saturated heterocycles. The number of furan rings is 1. The number of rotatable bonds is 7. The first kappa shape index (κ1) is 18.5. The van der Waals surface area contributed by atoms with Gasteiger partial charge in [0.15, 0.2) is 0 Å². The van der Waals surface area contributed by atoms with Gasteiger partial charge in [-0.15, -0.1) is 11.3 Å². The van der Waals surface area contributed by atoms with Crippen molar-refractivity contribution in [3.8, 4) is 0 Å². The maximum absolute atomic E-state index is 13.1. The van der Waals surface area contributed by atoms with Crippen molar-refractivity contribution in [1.82, 2.24) is 10.2 Å². The average Bonchev–Trinajstić information content (AvgIpc) is 3.17. The third-order valence-electron chi connectivity index (χ3n) is 4.95. The Morgan fingerprint density at radius 3 is 2.57 bits per heavy atom. The van der Waals surface area contributed by atoms with Crippen molar-refractivity contribution in [2.24, 2.45) is 0 Å². The fraction of sp³-hybridized carbons (Fsp3) is 0.273. The van der Waals surface area contributed by atoms with Gasteiger partial charge in [0.1, 0.15) is 5.76 Å². The summed E-state index contributed by atoms with van der Waals surface area (Å²) in [5.41, 5.74) is 1.61. The van der Waals surface area contributed by atoms with Crippen LogP contribution >= 0.6 is 11.3 Å². The van der Waals surface area contributed by atoms with E-state index in [0.29, 0.717) is 17.0 Å². The Hall–Kier alpha value is -2.86. The van der Waals surface area contributed by atoms with E-state index in [1.54, 1.807) is 12.3 Å². The van der Waals surface area contributed by atoms with E-state index >= 15 is 0 Å². The summed E-state index contributed by atoms with van der Waals surface area (Å²) >= 11 is 1.42. The number of nitrogens with one attached hydrogen (secondary N) is 1. The summed E-state index contributed by atoms with van der Waals surface area (Å²) in [5, 5.41) is 4.78. The van der Waals surface area contributed by atoms with Gasteiger partial charge >= 0.3 is 0 Å². The molecular formula is C22H22N2O3S. The third-order valence-corrected chi connectivity index (χ3v) is 5.81. The molecule has 1 saturated carbocycles. The van der Waals surface area contributed by atoms with Crippen LogP contribution in [0.3, 0.4) is 0 Å². The van der Waals surface area contributed by atoms with Crippen LogP contribution in [0.4, 0.5) is 0 Å². The van der Waals surface area contributed by atoms with Gasteiger partial charge in [0.2, 0.25) is 0 Å². The number of hydrogen-bond acceptors (Lipinski definition) is 4. The van der Waals surface area contributed by atoms with Gasteiger partial charge in [-0.1, -0.05) is 18.2 Å². The highest BCUT2D eigenvalue weighted by atomic mass is 32.1. The molecule has 1 fully saturated rings. The minimum Gasteiger partial charge on any atom is -0.467 e. The molecule has 5 nitrogen and oxygen atoms in total. The molecule has 0 spiro atoms. The summed E-state index contributed by atoms with van der Waals surface area (Å²) in [6.45, 7) is 2.43. The van der Waals surface area contributed by atoms with E-state index in [1.807, 2.05) is 59.7 Å². The van der Waals surface area contributed by atoms with Crippen LogP contribution in [0.25, 0.3) is 0 Å². The number of carbonyl (C=O) groups is 2. The molecule has 6 heteroatoms. The van der Waals surface area contributed by atoms with Gasteiger partial charge in [0.25, 0.3) is 11.8 Å². The first-order valence-corrected chi connectivity index (χ1v) is 10.3. The zero-order valence-electron chi connectivity index (χ0n) is 15.6. The lowest BCUT2D eigenvalue weighted by molar-refractivity contribution is 0.0652. The number of hydrogen-bond donors (Lipinski definition) is 1. The van der Waals surface area contributed by atoms with Crippen molar-refractivity contribution in [3.63, 3.8) is 0 Å². The molecule has 0 aliphatic heterocycles. The number of thiophene rings is 1. The van der Waals surface area contributed by atoms with E-state index in [2.05, 4.69) is 5.32 Å². The van der Waals surface area contributed by atoms with Crippen LogP contribution in [0.15, 0.2) is 64.6 Å². The van der Waals surface area contributed by atoms with Crippen LogP contribution in [0.2, 0.25) is 0 Å². The standard InChI is InChI=1S/C22H22N2O3S/c1-15(19-4-2-12-27-19)24(18-10-11-18)22(26)17-8-6-16(7-9-17)14-23-21(25)20-5-3-13-28-20/h2-9,12-13,15,18H,10-11,14H2,1H3,(H,23,25). The topological polar surface area (TPSA) is 62.6 Å². The molecule has 2 amide bonds. The van der Waals surface area contributed by atoms with Gasteiger partial charge in [0, 0.05) is 18.2 Å². The van der Waals surface area contributed by atoms with E-state index in [-0.39, 0.29) is 23.9 Å². The van der Waals surface area contributed by atoms with E-state index in [0.717, 1.165) is 24.2 Å². The molecule has 1 aliphatic carbocycles. The Balaban J connectivity index is 1.42. The van der Waals surface area contributed by atoms with Crippen LogP contribution in [-0.2, 0) is 6.54 Å². The van der Waals surface area contributed by atoms with Crippen molar-refractivity contribution in [3.05, 3.63) is 81.9 Å². The monoisotopic (exact) mass is 394 g/mol. The van der Waals surface area contributed by atoms with Crippen LogP contribution in [0.5, 0.6) is 0 Å². The molecule has 1 aliphatic rings. The molecule has 1 N–H and O–H groups in total. The van der Waals surface area contributed by atoms with Gasteiger partial charge in [0.05, 0.1) is 17.2 Å². The lowest BCUT2D eigenvalue weighted by Gasteiger charge is -2.28. The molecule has 0 bridgehead atoms. The zero-order chi connectivity index (χ0) is 19.5. The predicted octanol–water partition coefficient (Wildman–Crippen LogP) is 4.64. The van der Waals surface area contributed by atoms with Gasteiger partial charge in [-0.2, -0.15) is 0 Å². The fourth-order valence-corrected chi connectivity index (χ4v) is 3.91. The molecule has 144 valence electrons. The van der Waals surface area contributed by atoms with Gasteiger partial charge < -0.3 is 14.6 Å². The highest BCUT2D eigenvalue weighted by Gasteiger charge is 2.37. The highest BCUT2D eigenvalue weighted by Crippen LogP contribution is 2.35. The first-order chi connectivity index (χ1) is 13.6. The third kappa shape index (κ3) is 4.02. The second kappa shape index (κ2) is 8.02. The van der Waals surface area contributed by atoms with Gasteiger partial charge in [-0.3, -0.25) is 9.59 Å². The molecule has 3 aromatic rings. The Bertz CT molecular complexity index is 929. The van der Waals surface area contributed by atoms with Gasteiger partial charge in [-0.25, -0.2) is 0 Å². The van der Waals surface area contributed by atoms with Crippen LogP contribution in [0.1, 0.15) is 57.2 Å². The minimum absolute atomic E-state index is 0.0144.